The quantitative estimate of drug-likeness (QED) is 0.734. The molecular formula is C13H24N2O3S. The molecule has 0 aliphatic carbocycles. The zero-order valence-electron chi connectivity index (χ0n) is 11.7. The molecule has 0 saturated carbocycles. The van der Waals surface area contributed by atoms with Crippen LogP contribution in [0, 0.1) is 5.92 Å². The first-order chi connectivity index (χ1) is 9.04. The molecule has 1 aliphatic rings. The Kier molecular flexibility index (Phi) is 7.05. The summed E-state index contributed by atoms with van der Waals surface area (Å²) < 4.78 is 0. The molecule has 0 aromatic carbocycles. The van der Waals surface area contributed by atoms with Gasteiger partial charge >= 0.3 is 12.0 Å². The molecule has 0 radical (unpaired) electrons. The third-order valence-corrected chi connectivity index (χ3v) is 4.26. The number of urea groups is 1. The molecule has 0 bridgehead atoms. The summed E-state index contributed by atoms with van der Waals surface area (Å²) in [5.74, 6) is 0.915. The number of nitrogens with one attached hydrogen (secondary N) is 1. The SMILES string of the molecule is CCSCCC(C)NC(=O)N1CCC[C@@H](C(=O)O)C1. The van der Waals surface area contributed by atoms with Crippen molar-refractivity contribution in [3.8, 4) is 0 Å². The van der Waals surface area contributed by atoms with E-state index in [1.165, 1.54) is 0 Å². The van der Waals surface area contributed by atoms with Crippen LogP contribution in [0.5, 0.6) is 0 Å². The van der Waals surface area contributed by atoms with Crippen LogP contribution < -0.4 is 5.32 Å². The first-order valence-electron chi connectivity index (χ1n) is 6.90. The first-order valence-corrected chi connectivity index (χ1v) is 8.06. The molecular weight excluding hydrogens is 264 g/mol. The zero-order chi connectivity index (χ0) is 14.3. The predicted molar refractivity (Wildman–Crippen MR) is 77.5 cm³/mol. The zero-order valence-corrected chi connectivity index (χ0v) is 12.5. The Morgan fingerprint density at radius 1 is 1.53 bits per heavy atom. The lowest BCUT2D eigenvalue weighted by Gasteiger charge is -2.31. The number of carbonyl (C=O) groups is 2. The number of likely N-dealkylation sites (tertiary alicyclic amines) is 1. The van der Waals surface area contributed by atoms with Gasteiger partial charge in [-0.05, 0) is 37.7 Å². The second-order valence-electron chi connectivity index (χ2n) is 4.96. The molecule has 1 fully saturated rings. The van der Waals surface area contributed by atoms with Gasteiger partial charge in [0, 0.05) is 19.1 Å². The van der Waals surface area contributed by atoms with Gasteiger partial charge < -0.3 is 15.3 Å². The van der Waals surface area contributed by atoms with E-state index < -0.39 is 11.9 Å². The fourth-order valence-electron chi connectivity index (χ4n) is 2.14. The van der Waals surface area contributed by atoms with Crippen molar-refractivity contribution < 1.29 is 14.7 Å². The third kappa shape index (κ3) is 5.72. The van der Waals surface area contributed by atoms with Gasteiger partial charge in [-0.25, -0.2) is 4.79 Å². The summed E-state index contributed by atoms with van der Waals surface area (Å²) in [5.41, 5.74) is 0. The van der Waals surface area contributed by atoms with Crippen LogP contribution >= 0.6 is 11.8 Å². The second kappa shape index (κ2) is 8.30. The lowest BCUT2D eigenvalue weighted by Crippen LogP contribution is -2.49. The Hall–Kier alpha value is -0.910. The summed E-state index contributed by atoms with van der Waals surface area (Å²) in [5, 5.41) is 12.0. The second-order valence-corrected chi connectivity index (χ2v) is 6.35. The lowest BCUT2D eigenvalue weighted by atomic mass is 9.99. The molecule has 0 aromatic heterocycles. The normalized spacial score (nSPS) is 20.9. The summed E-state index contributed by atoms with van der Waals surface area (Å²) in [6.07, 6.45) is 2.38. The topological polar surface area (TPSA) is 69.6 Å². The Morgan fingerprint density at radius 3 is 2.89 bits per heavy atom. The van der Waals surface area contributed by atoms with Crippen LogP contribution in [0.25, 0.3) is 0 Å². The van der Waals surface area contributed by atoms with Gasteiger partial charge in [-0.3, -0.25) is 4.79 Å². The number of hydrogen-bond donors (Lipinski definition) is 2. The molecule has 2 atom stereocenters. The number of carbonyl (C=O) groups excluding carboxylic acids is 1. The molecule has 5 nitrogen and oxygen atoms in total. The maximum atomic E-state index is 12.0. The van der Waals surface area contributed by atoms with E-state index >= 15 is 0 Å². The number of thioether (sulfide) groups is 1. The molecule has 1 aliphatic heterocycles. The standard InChI is InChI=1S/C13H24N2O3S/c1-3-19-8-6-10(2)14-13(18)15-7-4-5-11(9-15)12(16)17/h10-11H,3-9H2,1-2H3,(H,14,18)(H,16,17)/t10?,11-/m1/s1. The molecule has 1 unspecified atom stereocenters. The number of carboxylic acid groups (broad SMARTS) is 1. The van der Waals surface area contributed by atoms with Crippen LogP contribution in [0.15, 0.2) is 0 Å². The predicted octanol–water partition coefficient (Wildman–Crippen LogP) is 2.02. The van der Waals surface area contributed by atoms with Crippen LogP contribution in [-0.2, 0) is 4.79 Å². The van der Waals surface area contributed by atoms with E-state index in [4.69, 9.17) is 5.11 Å². The Balaban J connectivity index is 2.33. The molecule has 0 spiro atoms. The van der Waals surface area contributed by atoms with Gasteiger partial charge in [0.1, 0.15) is 0 Å². The van der Waals surface area contributed by atoms with Gasteiger partial charge in [0.15, 0.2) is 0 Å². The van der Waals surface area contributed by atoms with Crippen LogP contribution in [0.4, 0.5) is 4.79 Å². The van der Waals surface area contributed by atoms with Crippen molar-refractivity contribution in [2.75, 3.05) is 24.6 Å². The Morgan fingerprint density at radius 2 is 2.26 bits per heavy atom. The van der Waals surface area contributed by atoms with Gasteiger partial charge in [0.25, 0.3) is 0 Å². The molecule has 110 valence electrons. The van der Waals surface area contributed by atoms with Gasteiger partial charge in [-0.2, -0.15) is 11.8 Å². The van der Waals surface area contributed by atoms with E-state index in [1.807, 2.05) is 18.7 Å². The number of nitrogens with zero attached hydrogens (tertiary/aromatic N) is 1. The largest absolute Gasteiger partial charge is 0.481 e. The summed E-state index contributed by atoms with van der Waals surface area (Å²) in [7, 11) is 0. The number of piperidine rings is 1. The van der Waals surface area contributed by atoms with E-state index in [2.05, 4.69) is 12.2 Å². The van der Waals surface area contributed by atoms with Gasteiger partial charge in [0.05, 0.1) is 5.92 Å². The van der Waals surface area contributed by atoms with Crippen molar-refractivity contribution in [2.24, 2.45) is 5.92 Å². The number of aliphatic carboxylic acids is 1. The molecule has 2 N–H and O–H groups in total. The van der Waals surface area contributed by atoms with E-state index in [0.29, 0.717) is 19.5 Å². The number of rotatable bonds is 6. The monoisotopic (exact) mass is 288 g/mol. The van der Waals surface area contributed by atoms with Gasteiger partial charge in [-0.15, -0.1) is 0 Å². The average Bonchev–Trinajstić information content (AvgIpc) is 2.39. The first kappa shape index (κ1) is 16.1. The van der Waals surface area contributed by atoms with Crippen molar-refractivity contribution >= 4 is 23.8 Å². The van der Waals surface area contributed by atoms with Crippen LogP contribution in [0.2, 0.25) is 0 Å². The van der Waals surface area contributed by atoms with Crippen molar-refractivity contribution in [2.45, 2.75) is 39.2 Å². The van der Waals surface area contributed by atoms with Crippen LogP contribution in [-0.4, -0.2) is 52.6 Å². The van der Waals surface area contributed by atoms with Crippen molar-refractivity contribution in [3.05, 3.63) is 0 Å². The lowest BCUT2D eigenvalue weighted by molar-refractivity contribution is -0.143. The number of amides is 2. The Bertz CT molecular complexity index is 312. The van der Waals surface area contributed by atoms with E-state index in [1.54, 1.807) is 4.90 Å². The molecule has 1 saturated heterocycles. The Labute approximate surface area is 119 Å². The summed E-state index contributed by atoms with van der Waals surface area (Å²) in [6.45, 7) is 5.10. The van der Waals surface area contributed by atoms with Gasteiger partial charge in [0.2, 0.25) is 0 Å². The number of carboxylic acids is 1. The van der Waals surface area contributed by atoms with Crippen molar-refractivity contribution in [1.82, 2.24) is 10.2 Å². The minimum Gasteiger partial charge on any atom is -0.481 e. The van der Waals surface area contributed by atoms with Crippen LogP contribution in [0.3, 0.4) is 0 Å². The molecule has 19 heavy (non-hydrogen) atoms. The van der Waals surface area contributed by atoms with E-state index in [-0.39, 0.29) is 12.1 Å². The smallest absolute Gasteiger partial charge is 0.317 e. The highest BCUT2D eigenvalue weighted by Gasteiger charge is 2.28. The minimum absolute atomic E-state index is 0.125. The molecule has 1 heterocycles. The molecule has 6 heteroatoms. The fourth-order valence-corrected chi connectivity index (χ4v) is 2.95. The van der Waals surface area contributed by atoms with E-state index in [9.17, 15) is 9.59 Å². The summed E-state index contributed by atoms with van der Waals surface area (Å²) >= 11 is 1.86. The maximum Gasteiger partial charge on any atom is 0.317 e. The fraction of sp³-hybridized carbons (Fsp3) is 0.846. The highest BCUT2D eigenvalue weighted by Crippen LogP contribution is 2.16. The summed E-state index contributed by atoms with van der Waals surface area (Å²) in [6, 6.07) is 0.0108. The third-order valence-electron chi connectivity index (χ3n) is 3.33. The number of hydrogen-bond acceptors (Lipinski definition) is 3. The molecule has 0 aromatic rings. The maximum absolute atomic E-state index is 12.0. The van der Waals surface area contributed by atoms with E-state index in [0.717, 1.165) is 24.3 Å². The van der Waals surface area contributed by atoms with Gasteiger partial charge in [-0.1, -0.05) is 6.92 Å². The van der Waals surface area contributed by atoms with Crippen molar-refractivity contribution in [3.63, 3.8) is 0 Å². The highest BCUT2D eigenvalue weighted by molar-refractivity contribution is 7.99. The molecule has 2 amide bonds. The summed E-state index contributed by atoms with van der Waals surface area (Å²) in [4.78, 5) is 24.6. The average molecular weight is 288 g/mol. The van der Waals surface area contributed by atoms with Crippen LogP contribution in [0.1, 0.15) is 33.1 Å². The minimum atomic E-state index is -0.801. The molecule has 1 rings (SSSR count). The van der Waals surface area contributed by atoms with Crippen molar-refractivity contribution in [1.29, 1.82) is 0 Å². The highest BCUT2D eigenvalue weighted by atomic mass is 32.2.